The van der Waals surface area contributed by atoms with Crippen molar-refractivity contribution >= 4 is 22.6 Å². The van der Waals surface area contributed by atoms with Crippen LogP contribution in [-0.4, -0.2) is 41.9 Å². The van der Waals surface area contributed by atoms with Crippen molar-refractivity contribution in [2.75, 3.05) is 25.1 Å². The number of nitrogens with zero attached hydrogens (tertiary/aromatic N) is 2. The number of aromatic carboxylic acids is 1. The SMILES string of the molecule is COc1c(N2CC(N)C3(CC3)C2)c(F)cc2c(=O)c(C(=O)O)cn(-c3ccc(F)cc3F)c12. The van der Waals surface area contributed by atoms with E-state index in [-0.39, 0.29) is 39.5 Å². The van der Waals surface area contributed by atoms with Crippen LogP contribution in [0, 0.1) is 22.9 Å². The molecule has 1 unspecified atom stereocenters. The van der Waals surface area contributed by atoms with E-state index in [1.807, 2.05) is 0 Å². The van der Waals surface area contributed by atoms with Crippen LogP contribution in [0.15, 0.2) is 35.3 Å². The van der Waals surface area contributed by atoms with Gasteiger partial charge in [-0.1, -0.05) is 0 Å². The Kier molecular flexibility index (Phi) is 4.68. The van der Waals surface area contributed by atoms with E-state index in [0.29, 0.717) is 19.2 Å². The predicted molar refractivity (Wildman–Crippen MR) is 115 cm³/mol. The number of carbonyl (C=O) groups is 1. The number of aromatic nitrogens is 1. The van der Waals surface area contributed by atoms with Crippen LogP contribution in [0.25, 0.3) is 16.6 Å². The molecule has 33 heavy (non-hydrogen) atoms. The van der Waals surface area contributed by atoms with Crippen LogP contribution in [-0.2, 0) is 0 Å². The highest BCUT2D eigenvalue weighted by atomic mass is 19.1. The van der Waals surface area contributed by atoms with Gasteiger partial charge < -0.3 is 25.0 Å². The second-order valence-electron chi connectivity index (χ2n) is 8.63. The number of carboxylic acids is 1. The van der Waals surface area contributed by atoms with E-state index in [1.165, 1.54) is 7.11 Å². The molecular weight excluding hydrogens is 439 g/mol. The first-order valence-electron chi connectivity index (χ1n) is 10.3. The third kappa shape index (κ3) is 3.16. The normalized spacial score (nSPS) is 18.8. The Bertz CT molecular complexity index is 1380. The molecule has 0 amide bonds. The quantitative estimate of drug-likeness (QED) is 0.623. The van der Waals surface area contributed by atoms with Crippen LogP contribution in [0.3, 0.4) is 0 Å². The number of hydrogen-bond donors (Lipinski definition) is 2. The summed E-state index contributed by atoms with van der Waals surface area (Å²) < 4.78 is 50.3. The lowest BCUT2D eigenvalue weighted by Crippen LogP contribution is -2.30. The topological polar surface area (TPSA) is 97.8 Å². The third-order valence-corrected chi connectivity index (χ3v) is 6.69. The highest BCUT2D eigenvalue weighted by molar-refractivity contribution is 5.98. The first-order valence-corrected chi connectivity index (χ1v) is 10.3. The van der Waals surface area contributed by atoms with Crippen molar-refractivity contribution in [3.8, 4) is 11.4 Å². The zero-order valence-corrected chi connectivity index (χ0v) is 17.6. The van der Waals surface area contributed by atoms with Crippen LogP contribution in [0.2, 0.25) is 0 Å². The molecule has 1 aliphatic heterocycles. The second kappa shape index (κ2) is 7.24. The molecule has 1 aliphatic carbocycles. The Morgan fingerprint density at radius 1 is 1.21 bits per heavy atom. The summed E-state index contributed by atoms with van der Waals surface area (Å²) in [6, 6.07) is 3.50. The summed E-state index contributed by atoms with van der Waals surface area (Å²) >= 11 is 0. The summed E-state index contributed by atoms with van der Waals surface area (Å²) in [5.74, 6) is -4.24. The lowest BCUT2D eigenvalue weighted by atomic mass is 10.0. The first-order chi connectivity index (χ1) is 15.7. The summed E-state index contributed by atoms with van der Waals surface area (Å²) in [4.78, 5) is 26.4. The Morgan fingerprint density at radius 3 is 2.52 bits per heavy atom. The van der Waals surface area contributed by atoms with Crippen molar-refractivity contribution in [1.29, 1.82) is 0 Å². The Labute approximate surface area is 185 Å². The number of methoxy groups -OCH3 is 1. The molecule has 1 aromatic heterocycles. The maximum atomic E-state index is 15.4. The van der Waals surface area contributed by atoms with E-state index < -0.39 is 34.4 Å². The first kappa shape index (κ1) is 21.3. The zero-order valence-electron chi connectivity index (χ0n) is 17.6. The minimum Gasteiger partial charge on any atom is -0.492 e. The summed E-state index contributed by atoms with van der Waals surface area (Å²) in [5, 5.41) is 9.21. The maximum Gasteiger partial charge on any atom is 0.341 e. The molecule has 1 saturated carbocycles. The van der Waals surface area contributed by atoms with Crippen LogP contribution in [0.1, 0.15) is 23.2 Å². The molecule has 1 atom stereocenters. The molecule has 7 nitrogen and oxygen atoms in total. The fourth-order valence-electron chi connectivity index (χ4n) is 4.78. The number of carboxylic acid groups (broad SMARTS) is 1. The summed E-state index contributed by atoms with van der Waals surface area (Å²) in [7, 11) is 1.28. The summed E-state index contributed by atoms with van der Waals surface area (Å²) in [6.45, 7) is 0.858. The number of rotatable bonds is 4. The molecule has 5 rings (SSSR count). The lowest BCUT2D eigenvalue weighted by Gasteiger charge is -2.25. The van der Waals surface area contributed by atoms with E-state index in [1.54, 1.807) is 4.90 Å². The predicted octanol–water partition coefficient (Wildman–Crippen LogP) is 3.04. The van der Waals surface area contributed by atoms with Gasteiger partial charge in [-0.3, -0.25) is 4.79 Å². The van der Waals surface area contributed by atoms with Crippen LogP contribution < -0.4 is 20.8 Å². The van der Waals surface area contributed by atoms with Crippen molar-refractivity contribution in [1.82, 2.24) is 4.57 Å². The van der Waals surface area contributed by atoms with E-state index >= 15 is 4.39 Å². The van der Waals surface area contributed by atoms with Gasteiger partial charge in [-0.2, -0.15) is 0 Å². The molecule has 1 saturated heterocycles. The molecule has 0 bridgehead atoms. The lowest BCUT2D eigenvalue weighted by molar-refractivity contribution is 0.0695. The van der Waals surface area contributed by atoms with Gasteiger partial charge in [0.15, 0.2) is 11.6 Å². The number of halogens is 3. The van der Waals surface area contributed by atoms with Gasteiger partial charge in [0.2, 0.25) is 5.43 Å². The van der Waals surface area contributed by atoms with Gasteiger partial charge in [0.25, 0.3) is 0 Å². The number of hydrogen-bond acceptors (Lipinski definition) is 5. The molecule has 2 aromatic carbocycles. The zero-order chi connectivity index (χ0) is 23.7. The molecule has 2 fully saturated rings. The van der Waals surface area contributed by atoms with Crippen molar-refractivity contribution in [3.63, 3.8) is 0 Å². The minimum absolute atomic E-state index is 0.0280. The molecule has 1 spiro atoms. The molecule has 10 heteroatoms. The van der Waals surface area contributed by atoms with Crippen molar-refractivity contribution in [2.45, 2.75) is 18.9 Å². The highest BCUT2D eigenvalue weighted by Crippen LogP contribution is 2.54. The molecule has 0 radical (unpaired) electrons. The fraction of sp³-hybridized carbons (Fsp3) is 0.304. The van der Waals surface area contributed by atoms with Gasteiger partial charge in [0.1, 0.15) is 28.4 Å². The van der Waals surface area contributed by atoms with E-state index in [4.69, 9.17) is 10.5 Å². The van der Waals surface area contributed by atoms with E-state index in [0.717, 1.165) is 41.8 Å². The largest absolute Gasteiger partial charge is 0.492 e. The monoisotopic (exact) mass is 459 g/mol. The van der Waals surface area contributed by atoms with Crippen molar-refractivity contribution < 1.29 is 27.8 Å². The summed E-state index contributed by atoms with van der Waals surface area (Å²) in [6.07, 6.45) is 2.79. The number of fused-ring (bicyclic) bond motifs is 1. The number of benzene rings is 2. The third-order valence-electron chi connectivity index (χ3n) is 6.69. The Balaban J connectivity index is 1.86. The van der Waals surface area contributed by atoms with Gasteiger partial charge in [0.05, 0.1) is 18.2 Å². The standard InChI is InChI=1S/C23H20F3N3O4/c1-33-21-18-12(7-15(26)19(21)28-9-17(27)23(10-28)4-5-23)20(30)13(22(31)32)8-29(18)16-3-2-11(24)6-14(16)25/h2-3,6-8,17H,4-5,9-10,27H2,1H3,(H,31,32). The maximum absolute atomic E-state index is 15.4. The molecule has 2 aliphatic rings. The van der Waals surface area contributed by atoms with Crippen LogP contribution >= 0.6 is 0 Å². The molecule has 2 heterocycles. The van der Waals surface area contributed by atoms with Gasteiger partial charge in [-0.15, -0.1) is 0 Å². The van der Waals surface area contributed by atoms with Gasteiger partial charge >= 0.3 is 5.97 Å². The molecule has 172 valence electrons. The molecule has 3 aromatic rings. The van der Waals surface area contributed by atoms with Crippen LogP contribution in [0.4, 0.5) is 18.9 Å². The highest BCUT2D eigenvalue weighted by Gasteiger charge is 2.54. The van der Waals surface area contributed by atoms with Gasteiger partial charge in [-0.25, -0.2) is 18.0 Å². The van der Waals surface area contributed by atoms with E-state index in [9.17, 15) is 23.5 Å². The Morgan fingerprint density at radius 2 is 1.94 bits per heavy atom. The molecular formula is C23H20F3N3O4. The minimum atomic E-state index is -1.57. The average molecular weight is 459 g/mol. The molecule has 3 N–H and O–H groups in total. The number of anilines is 1. The van der Waals surface area contributed by atoms with Gasteiger partial charge in [0, 0.05) is 36.8 Å². The summed E-state index contributed by atoms with van der Waals surface area (Å²) in [5.41, 5.74) is 4.35. The fourth-order valence-corrected chi connectivity index (χ4v) is 4.78. The van der Waals surface area contributed by atoms with E-state index in [2.05, 4.69) is 0 Å². The number of nitrogens with two attached hydrogens (primary N) is 1. The van der Waals surface area contributed by atoms with Crippen molar-refractivity contribution in [2.24, 2.45) is 11.1 Å². The number of pyridine rings is 1. The van der Waals surface area contributed by atoms with Gasteiger partial charge in [-0.05, 0) is 31.0 Å². The second-order valence-corrected chi connectivity index (χ2v) is 8.63. The Hall–Kier alpha value is -3.53. The van der Waals surface area contributed by atoms with Crippen molar-refractivity contribution in [3.05, 3.63) is 63.7 Å². The average Bonchev–Trinajstić information content (AvgIpc) is 3.46. The smallest absolute Gasteiger partial charge is 0.341 e. The number of ether oxygens (including phenoxy) is 1. The van der Waals surface area contributed by atoms with Crippen LogP contribution in [0.5, 0.6) is 5.75 Å².